The summed E-state index contributed by atoms with van der Waals surface area (Å²) in [6.45, 7) is 0.866. The van der Waals surface area contributed by atoms with Crippen molar-refractivity contribution in [1.29, 1.82) is 0 Å². The maximum atomic E-state index is 13.2. The topological polar surface area (TPSA) is 73.4 Å². The van der Waals surface area contributed by atoms with Gasteiger partial charge >= 0.3 is 6.03 Å². The lowest BCUT2D eigenvalue weighted by Crippen LogP contribution is -2.64. The summed E-state index contributed by atoms with van der Waals surface area (Å²) in [6, 6.07) is 2.20. The second-order valence-electron chi connectivity index (χ2n) is 4.26. The summed E-state index contributed by atoms with van der Waals surface area (Å²) in [7, 11) is 0. The second-order valence-corrected chi connectivity index (χ2v) is 4.26. The van der Waals surface area contributed by atoms with E-state index in [4.69, 9.17) is 0 Å². The van der Waals surface area contributed by atoms with Gasteiger partial charge in [-0.05, 0) is 12.1 Å². The Balaban J connectivity index is 1.87. The number of hydrogen-bond donors (Lipinski definition) is 4. The largest absolute Gasteiger partial charge is 0.385 e. The number of urea groups is 1. The van der Waals surface area contributed by atoms with Crippen LogP contribution in [0.25, 0.3) is 0 Å². The van der Waals surface area contributed by atoms with Gasteiger partial charge in [-0.15, -0.1) is 0 Å². The van der Waals surface area contributed by atoms with Crippen LogP contribution in [0.4, 0.5) is 19.3 Å². The number of hydrogen-bond acceptors (Lipinski definition) is 3. The molecule has 1 fully saturated rings. The van der Waals surface area contributed by atoms with Crippen molar-refractivity contribution in [2.24, 2.45) is 0 Å². The number of anilines is 1. The van der Waals surface area contributed by atoms with Crippen LogP contribution >= 0.6 is 0 Å². The lowest BCUT2D eigenvalue weighted by Gasteiger charge is -2.37. The zero-order valence-electron chi connectivity index (χ0n) is 9.46. The standard InChI is InChI=1S/C11H13F2N3O2/c12-7-1-2-9(8(13)3-7)16-10(17)15-6-11(18)4-14-5-11/h1-3,14,18H,4-6H2,(H2,15,16,17). The van der Waals surface area contributed by atoms with E-state index >= 15 is 0 Å². The molecule has 2 amide bonds. The molecule has 0 atom stereocenters. The predicted octanol–water partition coefficient (Wildman–Crippen LogP) is 0.421. The quantitative estimate of drug-likeness (QED) is 0.634. The van der Waals surface area contributed by atoms with Crippen molar-refractivity contribution < 1.29 is 18.7 Å². The van der Waals surface area contributed by atoms with E-state index in [0.717, 1.165) is 12.1 Å². The van der Waals surface area contributed by atoms with Gasteiger partial charge in [-0.2, -0.15) is 0 Å². The highest BCUT2D eigenvalue weighted by molar-refractivity contribution is 5.89. The van der Waals surface area contributed by atoms with Crippen molar-refractivity contribution in [3.63, 3.8) is 0 Å². The van der Waals surface area contributed by atoms with Crippen molar-refractivity contribution in [3.8, 4) is 0 Å². The SMILES string of the molecule is O=C(NCC1(O)CNC1)Nc1ccc(F)cc1F. The Kier molecular flexibility index (Phi) is 3.44. The molecule has 0 spiro atoms. The molecule has 0 aliphatic carbocycles. The van der Waals surface area contributed by atoms with Crippen LogP contribution < -0.4 is 16.0 Å². The molecule has 18 heavy (non-hydrogen) atoms. The molecule has 98 valence electrons. The minimum Gasteiger partial charge on any atom is -0.385 e. The Bertz CT molecular complexity index is 464. The fraction of sp³-hybridized carbons (Fsp3) is 0.364. The van der Waals surface area contributed by atoms with E-state index in [1.165, 1.54) is 0 Å². The van der Waals surface area contributed by atoms with Gasteiger partial charge in [-0.3, -0.25) is 0 Å². The molecule has 0 radical (unpaired) electrons. The maximum Gasteiger partial charge on any atom is 0.319 e. The fourth-order valence-corrected chi connectivity index (χ4v) is 1.54. The third kappa shape index (κ3) is 2.93. The lowest BCUT2D eigenvalue weighted by molar-refractivity contribution is -0.00575. The highest BCUT2D eigenvalue weighted by atomic mass is 19.1. The molecule has 0 saturated carbocycles. The number of benzene rings is 1. The van der Waals surface area contributed by atoms with E-state index in [-0.39, 0.29) is 12.2 Å². The van der Waals surface area contributed by atoms with E-state index < -0.39 is 23.3 Å². The number of aliphatic hydroxyl groups is 1. The molecule has 1 aliphatic heterocycles. The first-order valence-corrected chi connectivity index (χ1v) is 5.42. The molecular formula is C11H13F2N3O2. The number of rotatable bonds is 3. The van der Waals surface area contributed by atoms with Crippen LogP contribution in [-0.4, -0.2) is 36.4 Å². The first-order chi connectivity index (χ1) is 8.48. The summed E-state index contributed by atoms with van der Waals surface area (Å²) in [5, 5.41) is 17.2. The maximum absolute atomic E-state index is 13.2. The number of β-amino-alcohol motifs (C(OH)–C–C–N with tert-alkyl or cyclic N) is 1. The molecule has 4 N–H and O–H groups in total. The average molecular weight is 257 g/mol. The Morgan fingerprint density at radius 2 is 2.17 bits per heavy atom. The van der Waals surface area contributed by atoms with Crippen LogP contribution in [-0.2, 0) is 0 Å². The Morgan fingerprint density at radius 1 is 1.44 bits per heavy atom. The summed E-state index contributed by atoms with van der Waals surface area (Å²) in [5.41, 5.74) is -1.06. The van der Waals surface area contributed by atoms with Gasteiger partial charge < -0.3 is 21.1 Å². The molecule has 1 aliphatic rings. The highest BCUT2D eigenvalue weighted by Crippen LogP contribution is 2.14. The zero-order valence-corrected chi connectivity index (χ0v) is 9.46. The van der Waals surface area contributed by atoms with Crippen LogP contribution in [0.3, 0.4) is 0 Å². The minimum absolute atomic E-state index is 0.0641. The molecule has 1 heterocycles. The van der Waals surface area contributed by atoms with Crippen LogP contribution in [0.15, 0.2) is 18.2 Å². The van der Waals surface area contributed by atoms with E-state index in [1.807, 2.05) is 0 Å². The van der Waals surface area contributed by atoms with Crippen molar-refractivity contribution >= 4 is 11.7 Å². The number of amides is 2. The Labute approximate surface area is 102 Å². The lowest BCUT2D eigenvalue weighted by atomic mass is 9.98. The van der Waals surface area contributed by atoms with Crippen molar-refractivity contribution in [2.75, 3.05) is 25.0 Å². The van der Waals surface area contributed by atoms with Crippen molar-refractivity contribution in [3.05, 3.63) is 29.8 Å². The summed E-state index contributed by atoms with van der Waals surface area (Å²) in [6.07, 6.45) is 0. The fourth-order valence-electron chi connectivity index (χ4n) is 1.54. The Morgan fingerprint density at radius 3 is 2.72 bits per heavy atom. The van der Waals surface area contributed by atoms with Gasteiger partial charge in [0.05, 0.1) is 12.2 Å². The smallest absolute Gasteiger partial charge is 0.319 e. The van der Waals surface area contributed by atoms with E-state index in [2.05, 4.69) is 16.0 Å². The van der Waals surface area contributed by atoms with Gasteiger partial charge in [0, 0.05) is 19.2 Å². The third-order valence-corrected chi connectivity index (χ3v) is 2.67. The molecule has 7 heteroatoms. The molecule has 0 bridgehead atoms. The minimum atomic E-state index is -0.946. The van der Waals surface area contributed by atoms with Crippen molar-refractivity contribution in [1.82, 2.24) is 10.6 Å². The monoisotopic (exact) mass is 257 g/mol. The highest BCUT2D eigenvalue weighted by Gasteiger charge is 2.34. The van der Waals surface area contributed by atoms with Gasteiger partial charge in [-0.25, -0.2) is 13.6 Å². The van der Waals surface area contributed by atoms with E-state index in [0.29, 0.717) is 19.2 Å². The van der Waals surface area contributed by atoms with Crippen LogP contribution in [0.5, 0.6) is 0 Å². The van der Waals surface area contributed by atoms with Gasteiger partial charge in [-0.1, -0.05) is 0 Å². The predicted molar refractivity (Wildman–Crippen MR) is 61.2 cm³/mol. The first kappa shape index (κ1) is 12.7. The van der Waals surface area contributed by atoms with Crippen LogP contribution in [0.1, 0.15) is 0 Å². The average Bonchev–Trinajstić information content (AvgIpc) is 2.28. The number of nitrogens with one attached hydrogen (secondary N) is 3. The van der Waals surface area contributed by atoms with E-state index in [1.54, 1.807) is 0 Å². The van der Waals surface area contributed by atoms with Gasteiger partial charge in [0.15, 0.2) is 0 Å². The molecule has 0 aromatic heterocycles. The summed E-state index contributed by atoms with van der Waals surface area (Å²) < 4.78 is 25.9. The normalized spacial score (nSPS) is 16.8. The second kappa shape index (κ2) is 4.87. The third-order valence-electron chi connectivity index (χ3n) is 2.67. The summed E-state index contributed by atoms with van der Waals surface area (Å²) in [4.78, 5) is 11.4. The molecular weight excluding hydrogens is 244 g/mol. The van der Waals surface area contributed by atoms with Gasteiger partial charge in [0.1, 0.15) is 17.2 Å². The van der Waals surface area contributed by atoms with Crippen LogP contribution in [0, 0.1) is 11.6 Å². The van der Waals surface area contributed by atoms with Gasteiger partial charge in [0.2, 0.25) is 0 Å². The molecule has 1 aromatic carbocycles. The number of carbonyl (C=O) groups is 1. The van der Waals surface area contributed by atoms with Gasteiger partial charge in [0.25, 0.3) is 0 Å². The van der Waals surface area contributed by atoms with E-state index in [9.17, 15) is 18.7 Å². The molecule has 1 saturated heterocycles. The summed E-state index contributed by atoms with van der Waals surface area (Å²) in [5.74, 6) is -1.57. The molecule has 5 nitrogen and oxygen atoms in total. The Hall–Kier alpha value is -1.73. The first-order valence-electron chi connectivity index (χ1n) is 5.42. The molecule has 0 unspecified atom stereocenters. The van der Waals surface area contributed by atoms with Crippen LogP contribution in [0.2, 0.25) is 0 Å². The summed E-state index contributed by atoms with van der Waals surface area (Å²) >= 11 is 0. The van der Waals surface area contributed by atoms with Crippen molar-refractivity contribution in [2.45, 2.75) is 5.60 Å². The zero-order chi connectivity index (χ0) is 13.2. The number of carbonyl (C=O) groups excluding carboxylic acids is 1. The molecule has 1 aromatic rings. The molecule has 2 rings (SSSR count). The number of halogens is 2.